The summed E-state index contributed by atoms with van der Waals surface area (Å²) >= 11 is 1.45. The normalized spacial score (nSPS) is 17.3. The van der Waals surface area contributed by atoms with Crippen LogP contribution in [-0.2, 0) is 32.5 Å². The van der Waals surface area contributed by atoms with Crippen LogP contribution >= 0.6 is 11.3 Å². The van der Waals surface area contributed by atoms with E-state index in [2.05, 4.69) is 27.3 Å². The molecule has 1 aromatic carbocycles. The highest BCUT2D eigenvalue weighted by Crippen LogP contribution is 2.32. The van der Waals surface area contributed by atoms with E-state index in [1.165, 1.54) is 54.3 Å². The molecule has 29 heavy (non-hydrogen) atoms. The number of aromatic nitrogens is 1. The fourth-order valence-electron chi connectivity index (χ4n) is 3.08. The van der Waals surface area contributed by atoms with E-state index in [4.69, 9.17) is 0 Å². The van der Waals surface area contributed by atoms with E-state index in [1.807, 2.05) is 0 Å². The fraction of sp³-hybridized carbons (Fsp3) is 0.421. The van der Waals surface area contributed by atoms with Crippen LogP contribution in [0.3, 0.4) is 0 Å². The Morgan fingerprint density at radius 3 is 2.55 bits per heavy atom. The summed E-state index contributed by atoms with van der Waals surface area (Å²) in [5, 5.41) is 5.78. The van der Waals surface area contributed by atoms with Gasteiger partial charge in [0.2, 0.25) is 21.8 Å². The maximum absolute atomic E-state index is 12.5. The molecule has 2 aromatic rings. The quantitative estimate of drug-likeness (QED) is 0.643. The predicted octanol–water partition coefficient (Wildman–Crippen LogP) is 2.53. The van der Waals surface area contributed by atoms with E-state index < -0.39 is 22.0 Å². The van der Waals surface area contributed by atoms with Gasteiger partial charge in [0.15, 0.2) is 5.13 Å². The molecule has 2 amide bonds. The minimum Gasteiger partial charge on any atom is -0.326 e. The monoisotopic (exact) mass is 436 g/mol. The van der Waals surface area contributed by atoms with Gasteiger partial charge in [0.1, 0.15) is 0 Å². The zero-order valence-corrected chi connectivity index (χ0v) is 18.1. The van der Waals surface area contributed by atoms with E-state index in [-0.39, 0.29) is 10.8 Å². The molecule has 0 aliphatic heterocycles. The van der Waals surface area contributed by atoms with Crippen LogP contribution in [0.2, 0.25) is 0 Å². The topological polar surface area (TPSA) is 117 Å². The lowest BCUT2D eigenvalue weighted by atomic mass is 9.93. The van der Waals surface area contributed by atoms with Gasteiger partial charge in [0.05, 0.1) is 16.6 Å². The number of anilines is 2. The third kappa shape index (κ3) is 5.40. The highest BCUT2D eigenvalue weighted by molar-refractivity contribution is 7.89. The van der Waals surface area contributed by atoms with Gasteiger partial charge in [0, 0.05) is 17.5 Å². The second kappa shape index (κ2) is 8.60. The minimum atomic E-state index is -3.89. The molecule has 2 atom stereocenters. The van der Waals surface area contributed by atoms with Crippen molar-refractivity contribution in [3.05, 3.63) is 34.8 Å². The Morgan fingerprint density at radius 1 is 1.21 bits per heavy atom. The molecule has 156 valence electrons. The predicted molar refractivity (Wildman–Crippen MR) is 112 cm³/mol. The van der Waals surface area contributed by atoms with Crippen LogP contribution in [0.5, 0.6) is 0 Å². The molecule has 1 heterocycles. The molecule has 0 unspecified atom stereocenters. The van der Waals surface area contributed by atoms with Crippen molar-refractivity contribution in [2.45, 2.75) is 51.0 Å². The molecule has 1 aliphatic carbocycles. The van der Waals surface area contributed by atoms with Gasteiger partial charge in [-0.2, -0.15) is 4.72 Å². The van der Waals surface area contributed by atoms with Crippen LogP contribution < -0.4 is 15.4 Å². The third-order valence-corrected chi connectivity index (χ3v) is 7.22. The zero-order valence-electron chi connectivity index (χ0n) is 16.5. The Morgan fingerprint density at radius 2 is 1.90 bits per heavy atom. The molecule has 3 N–H and O–H groups in total. The first-order valence-corrected chi connectivity index (χ1v) is 11.6. The van der Waals surface area contributed by atoms with Crippen molar-refractivity contribution in [2.24, 2.45) is 5.92 Å². The maximum Gasteiger partial charge on any atom is 0.244 e. The first-order valence-electron chi connectivity index (χ1n) is 9.33. The number of carbonyl (C=O) groups is 2. The number of hydrogen-bond donors (Lipinski definition) is 3. The molecule has 3 rings (SSSR count). The standard InChI is InChI=1S/C19H24N4O4S2/c1-11-4-9-16-17(10-11)28-19(21-16)22-18(25)12(2)23-29(26,27)15-7-5-14(6-8-15)20-13(3)24/h5-8,11-12,23H,4,9-10H2,1-3H3,(H,20,24)(H,21,22,25)/t11-,12+/m0/s1. The number of nitrogens with zero attached hydrogens (tertiary/aromatic N) is 1. The van der Waals surface area contributed by atoms with E-state index >= 15 is 0 Å². The van der Waals surface area contributed by atoms with Gasteiger partial charge in [-0.3, -0.25) is 9.59 Å². The number of aryl methyl sites for hydroxylation is 1. The first kappa shape index (κ1) is 21.4. The number of nitrogens with one attached hydrogen (secondary N) is 3. The van der Waals surface area contributed by atoms with Crippen LogP contribution in [-0.4, -0.2) is 31.3 Å². The van der Waals surface area contributed by atoms with E-state index in [1.54, 1.807) is 0 Å². The molecule has 1 aromatic heterocycles. The zero-order chi connectivity index (χ0) is 21.2. The van der Waals surface area contributed by atoms with Crippen molar-refractivity contribution >= 4 is 44.0 Å². The summed E-state index contributed by atoms with van der Waals surface area (Å²) in [5.41, 5.74) is 1.51. The second-order valence-electron chi connectivity index (χ2n) is 7.27. The molecule has 0 spiro atoms. The maximum atomic E-state index is 12.5. The number of carbonyl (C=O) groups excluding carboxylic acids is 2. The summed E-state index contributed by atoms with van der Waals surface area (Å²) in [6.07, 6.45) is 2.94. The number of hydrogen-bond acceptors (Lipinski definition) is 6. The van der Waals surface area contributed by atoms with Crippen molar-refractivity contribution in [2.75, 3.05) is 10.6 Å². The van der Waals surface area contributed by atoms with E-state index in [9.17, 15) is 18.0 Å². The number of thiazole rings is 1. The van der Waals surface area contributed by atoms with Crippen molar-refractivity contribution in [3.8, 4) is 0 Å². The van der Waals surface area contributed by atoms with E-state index in [0.29, 0.717) is 16.7 Å². The van der Waals surface area contributed by atoms with Crippen LogP contribution in [0.25, 0.3) is 0 Å². The molecule has 1 aliphatic rings. The van der Waals surface area contributed by atoms with Crippen molar-refractivity contribution in [1.82, 2.24) is 9.71 Å². The summed E-state index contributed by atoms with van der Waals surface area (Å²) in [7, 11) is -3.89. The molecule has 0 saturated carbocycles. The summed E-state index contributed by atoms with van der Waals surface area (Å²) < 4.78 is 27.4. The first-order chi connectivity index (χ1) is 13.6. The van der Waals surface area contributed by atoms with Crippen LogP contribution in [0.15, 0.2) is 29.2 Å². The number of rotatable bonds is 6. The van der Waals surface area contributed by atoms with Gasteiger partial charge in [0.25, 0.3) is 0 Å². The van der Waals surface area contributed by atoms with Crippen LogP contribution in [0, 0.1) is 5.92 Å². The van der Waals surface area contributed by atoms with Crippen molar-refractivity contribution in [1.29, 1.82) is 0 Å². The Hall–Kier alpha value is -2.30. The molecule has 10 heteroatoms. The highest BCUT2D eigenvalue weighted by atomic mass is 32.2. The average Bonchev–Trinajstić information content (AvgIpc) is 3.02. The SMILES string of the molecule is CC(=O)Nc1ccc(S(=O)(=O)N[C@H](C)C(=O)Nc2nc3c(s2)C[C@@H](C)CC3)cc1. The Bertz CT molecular complexity index is 1020. The summed E-state index contributed by atoms with van der Waals surface area (Å²) in [6.45, 7) is 5.04. The second-order valence-corrected chi connectivity index (χ2v) is 10.1. The Labute approximate surface area is 174 Å². The molecule has 8 nitrogen and oxygen atoms in total. The minimum absolute atomic E-state index is 0.00459. The highest BCUT2D eigenvalue weighted by Gasteiger charge is 2.24. The smallest absolute Gasteiger partial charge is 0.244 e. The average molecular weight is 437 g/mol. The lowest BCUT2D eigenvalue weighted by molar-refractivity contribution is -0.117. The lowest BCUT2D eigenvalue weighted by Crippen LogP contribution is -2.41. The fourth-order valence-corrected chi connectivity index (χ4v) is 5.46. The number of sulfonamides is 1. The van der Waals surface area contributed by atoms with Gasteiger partial charge >= 0.3 is 0 Å². The summed E-state index contributed by atoms with van der Waals surface area (Å²) in [6, 6.07) is 4.74. The molecule has 0 saturated heterocycles. The van der Waals surface area contributed by atoms with Gasteiger partial charge in [-0.1, -0.05) is 6.92 Å². The molecule has 0 radical (unpaired) electrons. The lowest BCUT2D eigenvalue weighted by Gasteiger charge is -2.15. The van der Waals surface area contributed by atoms with E-state index in [0.717, 1.165) is 25.0 Å². The summed E-state index contributed by atoms with van der Waals surface area (Å²) in [5.74, 6) is -0.112. The van der Waals surface area contributed by atoms with Crippen LogP contribution in [0.1, 0.15) is 37.8 Å². The Balaban J connectivity index is 1.63. The largest absolute Gasteiger partial charge is 0.326 e. The molecule has 0 fully saturated rings. The van der Waals surface area contributed by atoms with Gasteiger partial charge in [-0.05, 0) is 56.4 Å². The number of fused-ring (bicyclic) bond motifs is 1. The third-order valence-electron chi connectivity index (χ3n) is 4.63. The van der Waals surface area contributed by atoms with Crippen molar-refractivity contribution < 1.29 is 18.0 Å². The van der Waals surface area contributed by atoms with Crippen molar-refractivity contribution in [3.63, 3.8) is 0 Å². The molecule has 0 bridgehead atoms. The molecular formula is C19H24N4O4S2. The van der Waals surface area contributed by atoms with Gasteiger partial charge in [-0.25, -0.2) is 13.4 Å². The number of amides is 2. The summed E-state index contributed by atoms with van der Waals surface area (Å²) in [4.78, 5) is 29.2. The van der Waals surface area contributed by atoms with Gasteiger partial charge < -0.3 is 10.6 Å². The number of benzene rings is 1. The van der Waals surface area contributed by atoms with Gasteiger partial charge in [-0.15, -0.1) is 11.3 Å². The van der Waals surface area contributed by atoms with Crippen LogP contribution in [0.4, 0.5) is 10.8 Å². The Kier molecular flexibility index (Phi) is 6.35. The molecular weight excluding hydrogens is 412 g/mol.